The number of likely N-dealkylation sites (tertiary alicyclic amines) is 1. The molecule has 4 nitrogen and oxygen atoms in total. The van der Waals surface area contributed by atoms with Gasteiger partial charge in [0.25, 0.3) is 0 Å². The summed E-state index contributed by atoms with van der Waals surface area (Å²) < 4.78 is 14.1. The molecule has 1 aromatic rings. The number of hydrogen-bond acceptors (Lipinski definition) is 4. The van der Waals surface area contributed by atoms with Gasteiger partial charge in [-0.2, -0.15) is 0 Å². The zero-order valence-corrected chi connectivity index (χ0v) is 12.4. The Morgan fingerprint density at radius 2 is 2.05 bits per heavy atom. The summed E-state index contributed by atoms with van der Waals surface area (Å²) in [6.07, 6.45) is 7.17. The Balaban J connectivity index is 2.42. The first-order valence-electron chi connectivity index (χ1n) is 7.50. The lowest BCUT2D eigenvalue weighted by molar-refractivity contribution is 0.0602. The molecular weight excluding hydrogens is 255 g/mol. The molecule has 112 valence electrons. The van der Waals surface area contributed by atoms with Crippen LogP contribution >= 0.6 is 0 Å². The summed E-state index contributed by atoms with van der Waals surface area (Å²) in [5.74, 6) is 5.52. The summed E-state index contributed by atoms with van der Waals surface area (Å²) in [5.41, 5.74) is 3.33. The molecule has 0 radical (unpaired) electrons. The molecule has 20 heavy (non-hydrogen) atoms. The minimum atomic E-state index is -0.291. The minimum absolute atomic E-state index is 0.145. The van der Waals surface area contributed by atoms with E-state index in [2.05, 4.69) is 29.2 Å². The Labute approximate surface area is 120 Å². The van der Waals surface area contributed by atoms with Crippen molar-refractivity contribution < 1.29 is 4.39 Å². The number of hydrazine groups is 1. The van der Waals surface area contributed by atoms with Gasteiger partial charge in [0.1, 0.15) is 5.82 Å². The molecule has 0 bridgehead atoms. The molecule has 1 saturated heterocycles. The van der Waals surface area contributed by atoms with E-state index in [0.717, 1.165) is 25.9 Å². The molecule has 0 spiro atoms. The van der Waals surface area contributed by atoms with E-state index >= 15 is 0 Å². The van der Waals surface area contributed by atoms with Crippen molar-refractivity contribution in [1.82, 2.24) is 15.3 Å². The molecule has 1 aliphatic heterocycles. The first-order chi connectivity index (χ1) is 9.69. The van der Waals surface area contributed by atoms with Gasteiger partial charge < -0.3 is 0 Å². The maximum Gasteiger partial charge on any atom is 0.146 e. The van der Waals surface area contributed by atoms with Crippen molar-refractivity contribution >= 4 is 0 Å². The summed E-state index contributed by atoms with van der Waals surface area (Å²) in [7, 11) is 0. The zero-order chi connectivity index (χ0) is 14.6. The maximum absolute atomic E-state index is 14.1. The van der Waals surface area contributed by atoms with Gasteiger partial charge in [-0.15, -0.1) is 0 Å². The van der Waals surface area contributed by atoms with Crippen LogP contribution in [0.25, 0.3) is 0 Å². The van der Waals surface area contributed by atoms with E-state index in [4.69, 9.17) is 5.84 Å². The third kappa shape index (κ3) is 2.57. The number of halogens is 1. The lowest BCUT2D eigenvalue weighted by Gasteiger charge is -2.46. The topological polar surface area (TPSA) is 54.2 Å². The summed E-state index contributed by atoms with van der Waals surface area (Å²) in [5, 5.41) is 0. The van der Waals surface area contributed by atoms with Crippen LogP contribution in [0.3, 0.4) is 0 Å². The number of aromatic nitrogens is 1. The van der Waals surface area contributed by atoms with Crippen molar-refractivity contribution in [3.05, 3.63) is 29.8 Å². The normalized spacial score (nSPS) is 18.4. The average Bonchev–Trinajstić information content (AvgIpc) is 3.01. The minimum Gasteiger partial charge on any atom is -0.296 e. The average molecular weight is 280 g/mol. The van der Waals surface area contributed by atoms with Crippen molar-refractivity contribution in [2.75, 3.05) is 13.1 Å². The quantitative estimate of drug-likeness (QED) is 0.620. The Hall–Kier alpha value is -1.04. The van der Waals surface area contributed by atoms with Crippen LogP contribution in [-0.2, 0) is 0 Å². The number of hydrogen-bond donors (Lipinski definition) is 2. The van der Waals surface area contributed by atoms with E-state index < -0.39 is 0 Å². The zero-order valence-electron chi connectivity index (χ0n) is 12.4. The maximum atomic E-state index is 14.1. The molecule has 0 saturated carbocycles. The fourth-order valence-corrected chi connectivity index (χ4v) is 3.60. The molecule has 1 atom stereocenters. The third-order valence-corrected chi connectivity index (χ3v) is 4.78. The van der Waals surface area contributed by atoms with Gasteiger partial charge in [0, 0.05) is 17.3 Å². The fraction of sp³-hybridized carbons (Fsp3) is 0.667. The van der Waals surface area contributed by atoms with E-state index in [1.807, 2.05) is 0 Å². The monoisotopic (exact) mass is 280 g/mol. The standard InChI is InChI=1S/C15H25FN4/c1-3-15(4-2,20-9-5-6-10-20)14(19-17)12-7-8-18-11-13(12)16/h7-8,11,14,19H,3-6,9-10,17H2,1-2H3. The Morgan fingerprint density at radius 3 is 2.55 bits per heavy atom. The highest BCUT2D eigenvalue weighted by Crippen LogP contribution is 2.39. The van der Waals surface area contributed by atoms with Crippen LogP contribution in [-0.4, -0.2) is 28.5 Å². The molecular formula is C15H25FN4. The fourth-order valence-electron chi connectivity index (χ4n) is 3.60. The second-order valence-electron chi connectivity index (χ2n) is 5.50. The van der Waals surface area contributed by atoms with Gasteiger partial charge in [0.15, 0.2) is 0 Å². The van der Waals surface area contributed by atoms with Crippen LogP contribution in [0.5, 0.6) is 0 Å². The highest BCUT2D eigenvalue weighted by molar-refractivity contribution is 5.23. The lowest BCUT2D eigenvalue weighted by atomic mass is 9.79. The van der Waals surface area contributed by atoms with Crippen LogP contribution in [0.15, 0.2) is 18.5 Å². The van der Waals surface area contributed by atoms with Crippen LogP contribution in [0.4, 0.5) is 4.39 Å². The number of nitrogens with zero attached hydrogens (tertiary/aromatic N) is 2. The Kier molecular flexibility index (Phi) is 5.07. The summed E-state index contributed by atoms with van der Waals surface area (Å²) in [6, 6.07) is 1.51. The van der Waals surface area contributed by atoms with Gasteiger partial charge in [0.2, 0.25) is 0 Å². The Morgan fingerprint density at radius 1 is 1.40 bits per heavy atom. The molecule has 1 aliphatic rings. The largest absolute Gasteiger partial charge is 0.296 e. The predicted molar refractivity (Wildman–Crippen MR) is 78.4 cm³/mol. The number of nitrogens with two attached hydrogens (primary N) is 1. The SMILES string of the molecule is CCC(CC)(C(NN)c1ccncc1F)N1CCCC1. The summed E-state index contributed by atoms with van der Waals surface area (Å²) in [6.45, 7) is 6.44. The van der Waals surface area contributed by atoms with E-state index in [1.165, 1.54) is 19.0 Å². The van der Waals surface area contributed by atoms with Crippen molar-refractivity contribution in [2.45, 2.75) is 51.1 Å². The molecule has 1 fully saturated rings. The molecule has 2 heterocycles. The van der Waals surface area contributed by atoms with E-state index in [9.17, 15) is 4.39 Å². The molecule has 5 heteroatoms. The van der Waals surface area contributed by atoms with Gasteiger partial charge in [-0.25, -0.2) is 4.39 Å². The number of pyridine rings is 1. The summed E-state index contributed by atoms with van der Waals surface area (Å²) >= 11 is 0. The van der Waals surface area contributed by atoms with Crippen LogP contribution in [0, 0.1) is 5.82 Å². The van der Waals surface area contributed by atoms with Crippen molar-refractivity contribution in [1.29, 1.82) is 0 Å². The first kappa shape index (κ1) is 15.4. The van der Waals surface area contributed by atoms with E-state index in [0.29, 0.717) is 5.56 Å². The van der Waals surface area contributed by atoms with Gasteiger partial charge in [-0.1, -0.05) is 13.8 Å². The number of rotatable bonds is 6. The first-order valence-corrected chi connectivity index (χ1v) is 7.50. The highest BCUT2D eigenvalue weighted by Gasteiger charge is 2.43. The molecule has 0 aromatic carbocycles. The molecule has 2 rings (SSSR count). The molecule has 1 aromatic heterocycles. The summed E-state index contributed by atoms with van der Waals surface area (Å²) in [4.78, 5) is 6.31. The van der Waals surface area contributed by atoms with Crippen molar-refractivity contribution in [3.8, 4) is 0 Å². The number of nitrogens with one attached hydrogen (secondary N) is 1. The van der Waals surface area contributed by atoms with E-state index in [-0.39, 0.29) is 17.4 Å². The highest BCUT2D eigenvalue weighted by atomic mass is 19.1. The smallest absolute Gasteiger partial charge is 0.146 e. The molecule has 3 N–H and O–H groups in total. The molecule has 0 aliphatic carbocycles. The predicted octanol–water partition coefficient (Wildman–Crippen LogP) is 2.38. The third-order valence-electron chi connectivity index (χ3n) is 4.78. The van der Waals surface area contributed by atoms with Gasteiger partial charge in [-0.05, 0) is 44.8 Å². The lowest BCUT2D eigenvalue weighted by Crippen LogP contribution is -2.56. The van der Waals surface area contributed by atoms with Gasteiger partial charge in [0.05, 0.1) is 12.2 Å². The van der Waals surface area contributed by atoms with E-state index in [1.54, 1.807) is 12.3 Å². The van der Waals surface area contributed by atoms with Crippen molar-refractivity contribution in [2.24, 2.45) is 5.84 Å². The second kappa shape index (κ2) is 6.61. The molecule has 1 unspecified atom stereocenters. The van der Waals surface area contributed by atoms with Crippen LogP contribution < -0.4 is 11.3 Å². The molecule has 0 amide bonds. The second-order valence-corrected chi connectivity index (χ2v) is 5.50. The van der Waals surface area contributed by atoms with Crippen LogP contribution in [0.1, 0.15) is 51.1 Å². The van der Waals surface area contributed by atoms with Gasteiger partial charge >= 0.3 is 0 Å². The Bertz CT molecular complexity index is 428. The van der Waals surface area contributed by atoms with Crippen molar-refractivity contribution in [3.63, 3.8) is 0 Å². The van der Waals surface area contributed by atoms with Crippen LogP contribution in [0.2, 0.25) is 0 Å². The van der Waals surface area contributed by atoms with Gasteiger partial charge in [-0.3, -0.25) is 21.2 Å².